The number of rotatable bonds is 6. The minimum absolute atomic E-state index is 0.157. The number of anilines is 4. The third-order valence-electron chi connectivity index (χ3n) is 7.01. The molecule has 0 spiro atoms. The minimum atomic E-state index is -0.207. The average molecular weight is 543 g/mol. The Morgan fingerprint density at radius 3 is 2.69 bits per heavy atom. The summed E-state index contributed by atoms with van der Waals surface area (Å²) in [7, 11) is 3.69. The Kier molecular flexibility index (Phi) is 6.35. The second kappa shape index (κ2) is 9.99. The number of benzene rings is 1. The molecule has 0 bridgehead atoms. The van der Waals surface area contributed by atoms with E-state index < -0.39 is 0 Å². The standard InChI is InChI=1S/C27H27ClN10O/c1-16(25-29-9-5-10-30-25)33-21-12-23(39)36(2)24-18(21)6-4-7-20(24)34-26-19(28)14-31-27(35-26)38-11-8-17-13-32-37(3)22(17)15-38/h4-7,9-10,12-14,16,33H,8,11,15H2,1-3H3,(H,31,34,35). The Labute approximate surface area is 229 Å². The van der Waals surface area contributed by atoms with Crippen molar-refractivity contribution in [1.29, 1.82) is 0 Å². The molecule has 5 heterocycles. The molecule has 0 aliphatic carbocycles. The van der Waals surface area contributed by atoms with Gasteiger partial charge in [0.25, 0.3) is 5.56 Å². The number of hydrogen-bond donors (Lipinski definition) is 2. The third kappa shape index (κ3) is 4.65. The zero-order chi connectivity index (χ0) is 27.1. The number of halogens is 1. The van der Waals surface area contributed by atoms with Gasteiger partial charge in [0.15, 0.2) is 5.82 Å². The van der Waals surface area contributed by atoms with Crippen LogP contribution in [0.5, 0.6) is 0 Å². The number of aryl methyl sites for hydroxylation is 2. The van der Waals surface area contributed by atoms with Crippen molar-refractivity contribution in [2.75, 3.05) is 22.1 Å². The number of para-hydroxylation sites is 1. The van der Waals surface area contributed by atoms with Crippen LogP contribution in [0.15, 0.2) is 59.9 Å². The van der Waals surface area contributed by atoms with Crippen molar-refractivity contribution in [2.45, 2.75) is 25.9 Å². The Morgan fingerprint density at radius 2 is 1.87 bits per heavy atom. The van der Waals surface area contributed by atoms with Crippen LogP contribution in [-0.4, -0.2) is 40.8 Å². The van der Waals surface area contributed by atoms with Crippen LogP contribution in [0.3, 0.4) is 0 Å². The maximum absolute atomic E-state index is 13.0. The molecule has 1 aliphatic heterocycles. The summed E-state index contributed by atoms with van der Waals surface area (Å²) in [6.45, 7) is 3.40. The Hall–Kier alpha value is -4.51. The quantitative estimate of drug-likeness (QED) is 0.328. The SMILES string of the molecule is CC(Nc1cc(=O)n(C)c2c(Nc3nc(N4CCc5cnn(C)c5C4)ncc3Cl)cccc12)c1ncccn1. The van der Waals surface area contributed by atoms with Crippen LogP contribution in [0.4, 0.5) is 23.1 Å². The first-order chi connectivity index (χ1) is 18.9. The van der Waals surface area contributed by atoms with Crippen LogP contribution in [0, 0.1) is 0 Å². The van der Waals surface area contributed by atoms with Crippen molar-refractivity contribution in [3.05, 3.63) is 87.6 Å². The van der Waals surface area contributed by atoms with Gasteiger partial charge in [0.1, 0.15) is 10.8 Å². The summed E-state index contributed by atoms with van der Waals surface area (Å²) in [6, 6.07) is 8.94. The first-order valence-electron chi connectivity index (χ1n) is 12.6. The molecule has 1 aliphatic rings. The number of pyridine rings is 1. The number of nitrogens with one attached hydrogen (secondary N) is 2. The van der Waals surface area contributed by atoms with E-state index in [1.54, 1.807) is 42.3 Å². The molecule has 0 amide bonds. The van der Waals surface area contributed by atoms with Gasteiger partial charge in [-0.05, 0) is 31.0 Å². The lowest BCUT2D eigenvalue weighted by molar-refractivity contribution is 0.639. The predicted octanol–water partition coefficient (Wildman–Crippen LogP) is 3.98. The molecule has 4 aromatic heterocycles. The molecule has 0 radical (unpaired) electrons. The van der Waals surface area contributed by atoms with Gasteiger partial charge in [-0.25, -0.2) is 15.0 Å². The van der Waals surface area contributed by atoms with Gasteiger partial charge in [-0.1, -0.05) is 23.7 Å². The van der Waals surface area contributed by atoms with Crippen molar-refractivity contribution < 1.29 is 0 Å². The highest BCUT2D eigenvalue weighted by atomic mass is 35.5. The molecule has 0 fully saturated rings. The topological polar surface area (TPSA) is 119 Å². The van der Waals surface area contributed by atoms with Crippen molar-refractivity contribution in [1.82, 2.24) is 34.3 Å². The number of nitrogens with zero attached hydrogens (tertiary/aromatic N) is 8. The van der Waals surface area contributed by atoms with Crippen LogP contribution in [0.1, 0.15) is 30.0 Å². The molecule has 0 saturated carbocycles. The first-order valence-corrected chi connectivity index (χ1v) is 13.0. The summed E-state index contributed by atoms with van der Waals surface area (Å²) >= 11 is 6.55. The van der Waals surface area contributed by atoms with E-state index in [1.807, 2.05) is 43.0 Å². The van der Waals surface area contributed by atoms with Gasteiger partial charge in [-0.15, -0.1) is 0 Å². The van der Waals surface area contributed by atoms with Gasteiger partial charge < -0.3 is 20.1 Å². The highest BCUT2D eigenvalue weighted by Gasteiger charge is 2.23. The number of hydrogen-bond acceptors (Lipinski definition) is 9. The summed E-state index contributed by atoms with van der Waals surface area (Å²) in [5.41, 5.74) is 4.33. The van der Waals surface area contributed by atoms with E-state index in [0.717, 1.165) is 24.0 Å². The highest BCUT2D eigenvalue weighted by molar-refractivity contribution is 6.33. The third-order valence-corrected chi connectivity index (χ3v) is 7.29. The molecule has 12 heteroatoms. The van der Waals surface area contributed by atoms with Gasteiger partial charge in [0.05, 0.1) is 41.9 Å². The van der Waals surface area contributed by atoms with Gasteiger partial charge in [-0.2, -0.15) is 10.1 Å². The fraction of sp³-hybridized carbons (Fsp3) is 0.259. The lowest BCUT2D eigenvalue weighted by atomic mass is 10.1. The zero-order valence-electron chi connectivity index (χ0n) is 21.8. The van der Waals surface area contributed by atoms with Gasteiger partial charge in [0.2, 0.25) is 5.95 Å². The molecule has 11 nitrogen and oxygen atoms in total. The normalized spacial score (nSPS) is 13.8. The summed E-state index contributed by atoms with van der Waals surface area (Å²) in [6.07, 6.45) is 7.78. The van der Waals surface area contributed by atoms with Gasteiger partial charge in [0, 0.05) is 50.2 Å². The van der Waals surface area contributed by atoms with E-state index in [9.17, 15) is 4.79 Å². The molecule has 1 unspecified atom stereocenters. The Balaban J connectivity index is 1.35. The van der Waals surface area contributed by atoms with Crippen molar-refractivity contribution in [3.63, 3.8) is 0 Å². The molecule has 0 saturated heterocycles. The molecular weight excluding hydrogens is 516 g/mol. The fourth-order valence-electron chi connectivity index (χ4n) is 4.92. The van der Waals surface area contributed by atoms with Crippen LogP contribution in [-0.2, 0) is 27.1 Å². The molecule has 2 N–H and O–H groups in total. The number of aromatic nitrogens is 7. The fourth-order valence-corrected chi connectivity index (χ4v) is 5.05. The van der Waals surface area contributed by atoms with Crippen LogP contribution >= 0.6 is 11.6 Å². The smallest absolute Gasteiger partial charge is 0.252 e. The second-order valence-electron chi connectivity index (χ2n) is 9.53. The maximum atomic E-state index is 13.0. The number of fused-ring (bicyclic) bond motifs is 2. The monoisotopic (exact) mass is 542 g/mol. The Morgan fingerprint density at radius 1 is 1.05 bits per heavy atom. The van der Waals surface area contributed by atoms with E-state index in [2.05, 4.69) is 35.6 Å². The first kappa shape index (κ1) is 24.8. The lowest BCUT2D eigenvalue weighted by Gasteiger charge is -2.27. The molecular formula is C27H27ClN10O. The van der Waals surface area contributed by atoms with E-state index in [1.165, 1.54) is 5.56 Å². The predicted molar refractivity (Wildman–Crippen MR) is 152 cm³/mol. The minimum Gasteiger partial charge on any atom is -0.375 e. The van der Waals surface area contributed by atoms with Crippen LogP contribution in [0.2, 0.25) is 5.02 Å². The summed E-state index contributed by atoms with van der Waals surface area (Å²) < 4.78 is 3.50. The average Bonchev–Trinajstić information content (AvgIpc) is 3.33. The molecule has 1 atom stereocenters. The van der Waals surface area contributed by atoms with E-state index in [0.29, 0.717) is 46.0 Å². The highest BCUT2D eigenvalue weighted by Crippen LogP contribution is 2.33. The molecule has 5 aromatic rings. The van der Waals surface area contributed by atoms with Gasteiger partial charge >= 0.3 is 0 Å². The molecule has 39 heavy (non-hydrogen) atoms. The second-order valence-corrected chi connectivity index (χ2v) is 9.94. The molecule has 198 valence electrons. The molecule has 6 rings (SSSR count). The lowest BCUT2D eigenvalue weighted by Crippen LogP contribution is -2.32. The molecule has 1 aromatic carbocycles. The van der Waals surface area contributed by atoms with Crippen LogP contribution < -0.4 is 21.1 Å². The summed E-state index contributed by atoms with van der Waals surface area (Å²) in [5.74, 6) is 1.67. The van der Waals surface area contributed by atoms with E-state index in [-0.39, 0.29) is 11.6 Å². The van der Waals surface area contributed by atoms with E-state index >= 15 is 0 Å². The van der Waals surface area contributed by atoms with Crippen LogP contribution in [0.25, 0.3) is 10.9 Å². The summed E-state index contributed by atoms with van der Waals surface area (Å²) in [5, 5.41) is 12.4. The van der Waals surface area contributed by atoms with Crippen molar-refractivity contribution in [2.24, 2.45) is 14.1 Å². The maximum Gasteiger partial charge on any atom is 0.252 e. The van der Waals surface area contributed by atoms with Crippen molar-refractivity contribution >= 4 is 45.6 Å². The Bertz CT molecular complexity index is 1730. The van der Waals surface area contributed by atoms with Crippen molar-refractivity contribution in [3.8, 4) is 0 Å². The largest absolute Gasteiger partial charge is 0.375 e. The zero-order valence-corrected chi connectivity index (χ0v) is 22.5. The summed E-state index contributed by atoms with van der Waals surface area (Å²) in [4.78, 5) is 33.1. The van der Waals surface area contributed by atoms with Gasteiger partial charge in [-0.3, -0.25) is 9.48 Å². The van der Waals surface area contributed by atoms with E-state index in [4.69, 9.17) is 16.6 Å².